The molecule has 0 unspecified atom stereocenters. The molecule has 1 spiro atoms. The van der Waals surface area contributed by atoms with Crippen LogP contribution in [0.1, 0.15) is 29.8 Å². The topological polar surface area (TPSA) is 67.6 Å². The minimum absolute atomic E-state index is 0.00287. The van der Waals surface area contributed by atoms with Crippen LogP contribution in [0.4, 0.5) is 5.69 Å². The Hall–Kier alpha value is -2.18. The molecule has 0 saturated carbocycles. The number of rotatable bonds is 3. The van der Waals surface area contributed by atoms with Crippen molar-refractivity contribution >= 4 is 11.6 Å². The van der Waals surface area contributed by atoms with Gasteiger partial charge in [0, 0.05) is 5.69 Å². The van der Waals surface area contributed by atoms with Crippen molar-refractivity contribution in [2.45, 2.75) is 30.9 Å². The van der Waals surface area contributed by atoms with Gasteiger partial charge in [-0.15, -0.1) is 0 Å². The molecule has 1 aromatic heterocycles. The molecule has 0 radical (unpaired) electrons. The van der Waals surface area contributed by atoms with Crippen LogP contribution in [0.5, 0.6) is 0 Å². The fourth-order valence-electron chi connectivity index (χ4n) is 3.74. The third kappa shape index (κ3) is 2.83. The van der Waals surface area contributed by atoms with Crippen molar-refractivity contribution in [1.29, 1.82) is 0 Å². The van der Waals surface area contributed by atoms with Crippen LogP contribution >= 0.6 is 0 Å². The number of ether oxygens (including phenoxy) is 1. The maximum Gasteiger partial charge on any atom is 0.296 e. The second kappa shape index (κ2) is 6.37. The van der Waals surface area contributed by atoms with Crippen molar-refractivity contribution in [2.24, 2.45) is 0 Å². The number of oxazole rings is 1. The minimum Gasteiger partial charge on any atom is -0.438 e. The maximum atomic E-state index is 13.0. The van der Waals surface area contributed by atoms with Crippen LogP contribution in [-0.4, -0.2) is 42.2 Å². The van der Waals surface area contributed by atoms with Crippen LogP contribution in [-0.2, 0) is 4.74 Å². The molecule has 126 valence electrons. The van der Waals surface area contributed by atoms with Gasteiger partial charge in [-0.05, 0) is 44.5 Å². The van der Waals surface area contributed by atoms with Gasteiger partial charge >= 0.3 is 0 Å². The van der Waals surface area contributed by atoms with Crippen molar-refractivity contribution in [3.63, 3.8) is 0 Å². The average Bonchev–Trinajstić information content (AvgIpc) is 3.28. The van der Waals surface area contributed by atoms with Crippen molar-refractivity contribution in [3.05, 3.63) is 48.7 Å². The van der Waals surface area contributed by atoms with Gasteiger partial charge in [0.05, 0.1) is 24.4 Å². The van der Waals surface area contributed by atoms with Crippen molar-refractivity contribution < 1.29 is 13.9 Å². The first-order chi connectivity index (χ1) is 11.8. The Morgan fingerprint density at radius 3 is 2.75 bits per heavy atom. The molecule has 0 bridgehead atoms. The smallest absolute Gasteiger partial charge is 0.296 e. The van der Waals surface area contributed by atoms with E-state index >= 15 is 0 Å². The minimum atomic E-state index is -0.168. The van der Waals surface area contributed by atoms with E-state index in [1.54, 1.807) is 4.90 Å². The molecule has 1 aromatic carbocycles. The molecule has 1 N–H and O–H groups in total. The highest BCUT2D eigenvalue weighted by molar-refractivity contribution is 6.04. The molecule has 2 aromatic rings. The monoisotopic (exact) mass is 327 g/mol. The summed E-state index contributed by atoms with van der Waals surface area (Å²) in [6.45, 7) is 2.48. The number of anilines is 1. The highest BCUT2D eigenvalue weighted by atomic mass is 16.5. The highest BCUT2D eigenvalue weighted by Gasteiger charge is 2.45. The fourth-order valence-corrected chi connectivity index (χ4v) is 3.74. The number of para-hydroxylation sites is 1. The predicted molar refractivity (Wildman–Crippen MR) is 88.9 cm³/mol. The third-order valence-electron chi connectivity index (χ3n) is 4.97. The molecule has 1 amide bonds. The molecule has 4 rings (SSSR count). The quantitative estimate of drug-likeness (QED) is 0.936. The van der Waals surface area contributed by atoms with Gasteiger partial charge in [0.25, 0.3) is 5.91 Å². The van der Waals surface area contributed by atoms with Gasteiger partial charge < -0.3 is 19.4 Å². The summed E-state index contributed by atoms with van der Waals surface area (Å²) < 4.78 is 11.4. The standard InChI is InChI=1S/C18H21N3O3/c22-17(16-11-20-13-23-16)21(14-4-2-1-3-5-14)15-10-18(24-12-15)6-8-19-9-7-18/h1-5,11,13,15,19H,6-10,12H2/t15-/m0/s1. The number of piperidine rings is 1. The third-order valence-corrected chi connectivity index (χ3v) is 4.97. The summed E-state index contributed by atoms with van der Waals surface area (Å²) in [5, 5.41) is 3.37. The largest absolute Gasteiger partial charge is 0.438 e. The molecule has 24 heavy (non-hydrogen) atoms. The van der Waals surface area contributed by atoms with E-state index in [1.807, 2.05) is 30.3 Å². The lowest BCUT2D eigenvalue weighted by Gasteiger charge is -2.34. The number of amides is 1. The van der Waals surface area contributed by atoms with Crippen LogP contribution in [0.15, 0.2) is 47.3 Å². The first-order valence-corrected chi connectivity index (χ1v) is 8.39. The Morgan fingerprint density at radius 1 is 1.25 bits per heavy atom. The summed E-state index contributed by atoms with van der Waals surface area (Å²) in [6, 6.07) is 9.71. The molecular formula is C18H21N3O3. The first kappa shape index (κ1) is 15.4. The summed E-state index contributed by atoms with van der Waals surface area (Å²) in [6.07, 6.45) is 5.58. The zero-order valence-corrected chi connectivity index (χ0v) is 13.5. The average molecular weight is 327 g/mol. The van der Waals surface area contributed by atoms with E-state index in [0.29, 0.717) is 6.61 Å². The van der Waals surface area contributed by atoms with Crippen LogP contribution in [0.3, 0.4) is 0 Å². The van der Waals surface area contributed by atoms with E-state index in [4.69, 9.17) is 9.15 Å². The summed E-state index contributed by atoms with van der Waals surface area (Å²) in [5.74, 6) is 0.0865. The zero-order chi connectivity index (χ0) is 16.4. The Labute approximate surface area is 140 Å². The van der Waals surface area contributed by atoms with Gasteiger partial charge in [-0.2, -0.15) is 0 Å². The van der Waals surface area contributed by atoms with E-state index in [1.165, 1.54) is 12.6 Å². The maximum absolute atomic E-state index is 13.0. The SMILES string of the molecule is O=C(c1cnco1)N(c1ccccc1)[C@@H]1COC2(CCNCC2)C1. The van der Waals surface area contributed by atoms with Gasteiger partial charge in [0.1, 0.15) is 0 Å². The molecule has 0 aliphatic carbocycles. The Kier molecular flexibility index (Phi) is 4.08. The summed E-state index contributed by atoms with van der Waals surface area (Å²) in [4.78, 5) is 18.7. The molecule has 6 nitrogen and oxygen atoms in total. The van der Waals surface area contributed by atoms with Crippen LogP contribution < -0.4 is 10.2 Å². The Bertz CT molecular complexity index is 681. The Balaban J connectivity index is 1.62. The van der Waals surface area contributed by atoms with Crippen molar-refractivity contribution in [3.8, 4) is 0 Å². The number of hydrogen-bond acceptors (Lipinski definition) is 5. The van der Waals surface area contributed by atoms with E-state index in [9.17, 15) is 4.79 Å². The molecule has 2 saturated heterocycles. The second-order valence-corrected chi connectivity index (χ2v) is 6.48. The van der Waals surface area contributed by atoms with E-state index in [2.05, 4.69) is 10.3 Å². The lowest BCUT2D eigenvalue weighted by atomic mass is 9.88. The van der Waals surface area contributed by atoms with Crippen molar-refractivity contribution in [2.75, 3.05) is 24.6 Å². The number of nitrogens with zero attached hydrogens (tertiary/aromatic N) is 2. The van der Waals surface area contributed by atoms with Gasteiger partial charge in [-0.1, -0.05) is 18.2 Å². The predicted octanol–water partition coefficient (Wildman–Crippen LogP) is 2.23. The zero-order valence-electron chi connectivity index (χ0n) is 13.5. The van der Waals surface area contributed by atoms with Gasteiger partial charge in [-0.3, -0.25) is 4.79 Å². The van der Waals surface area contributed by atoms with Gasteiger partial charge in [0.2, 0.25) is 5.76 Å². The molecule has 2 aliphatic heterocycles. The molecule has 2 aliphatic rings. The number of carbonyl (C=O) groups excluding carboxylic acids is 1. The van der Waals surface area contributed by atoms with Gasteiger partial charge in [0.15, 0.2) is 6.39 Å². The molecule has 3 heterocycles. The Morgan fingerprint density at radius 2 is 2.04 bits per heavy atom. The molecular weight excluding hydrogens is 306 g/mol. The molecule has 6 heteroatoms. The number of benzene rings is 1. The van der Waals surface area contributed by atoms with E-state index in [-0.39, 0.29) is 23.3 Å². The normalized spacial score (nSPS) is 22.6. The number of hydrogen-bond donors (Lipinski definition) is 1. The lowest BCUT2D eigenvalue weighted by molar-refractivity contribution is -0.0193. The van der Waals surface area contributed by atoms with E-state index < -0.39 is 0 Å². The van der Waals surface area contributed by atoms with Crippen LogP contribution in [0.2, 0.25) is 0 Å². The van der Waals surface area contributed by atoms with E-state index in [0.717, 1.165) is 38.0 Å². The number of carbonyl (C=O) groups is 1. The van der Waals surface area contributed by atoms with Crippen molar-refractivity contribution in [1.82, 2.24) is 10.3 Å². The van der Waals surface area contributed by atoms with Crippen LogP contribution in [0, 0.1) is 0 Å². The highest BCUT2D eigenvalue weighted by Crippen LogP contribution is 2.37. The first-order valence-electron chi connectivity index (χ1n) is 8.39. The van der Waals surface area contributed by atoms with Gasteiger partial charge in [-0.25, -0.2) is 4.98 Å². The number of nitrogens with one attached hydrogen (secondary N) is 1. The second-order valence-electron chi connectivity index (χ2n) is 6.48. The summed E-state index contributed by atoms with van der Waals surface area (Å²) in [5.41, 5.74) is 0.753. The number of aromatic nitrogens is 1. The fraction of sp³-hybridized carbons (Fsp3) is 0.444. The molecule has 1 atom stereocenters. The lowest BCUT2D eigenvalue weighted by Crippen LogP contribution is -2.44. The summed E-state index contributed by atoms with van der Waals surface area (Å²) >= 11 is 0. The summed E-state index contributed by atoms with van der Waals surface area (Å²) in [7, 11) is 0. The van der Waals surface area contributed by atoms with Crippen LogP contribution in [0.25, 0.3) is 0 Å². The molecule has 2 fully saturated rings.